The lowest BCUT2D eigenvalue weighted by Crippen LogP contribution is -2.39. The van der Waals surface area contributed by atoms with Gasteiger partial charge in [0.15, 0.2) is 5.78 Å². The summed E-state index contributed by atoms with van der Waals surface area (Å²) in [5.74, 6) is -2.00. The molecule has 170 valence electrons. The Hall–Kier alpha value is -2.35. The number of hydrogen-bond acceptors (Lipinski definition) is 6. The second-order valence-corrected chi connectivity index (χ2v) is 9.70. The molecule has 1 aromatic heterocycles. The Bertz CT molecular complexity index is 949. The standard InChI is InChI=1S/C25H30N2O4S/c1-17(2)18-6-8-19(9-7-18)22-21(23(28)20-5-3-16-32-20)24(29)25(30)27(22)11-4-10-26-12-14-31-15-13-26/h3,5-9,16-17,21-22H,4,10-15H2,1-2H3. The predicted molar refractivity (Wildman–Crippen MR) is 124 cm³/mol. The van der Waals surface area contributed by atoms with Crippen molar-refractivity contribution >= 4 is 28.8 Å². The number of ketones is 2. The average molecular weight is 455 g/mol. The van der Waals surface area contributed by atoms with Gasteiger partial charge in [0.05, 0.1) is 24.1 Å². The minimum Gasteiger partial charge on any atom is -0.379 e. The molecular formula is C25H30N2O4S. The van der Waals surface area contributed by atoms with Gasteiger partial charge in [-0.05, 0) is 34.9 Å². The fraction of sp³-hybridized carbons (Fsp3) is 0.480. The molecule has 0 saturated carbocycles. The molecule has 0 bridgehead atoms. The van der Waals surface area contributed by atoms with E-state index in [-0.39, 0.29) is 5.78 Å². The van der Waals surface area contributed by atoms with Crippen LogP contribution in [0.5, 0.6) is 0 Å². The number of likely N-dealkylation sites (tertiary alicyclic amines) is 1. The Kier molecular flexibility index (Phi) is 7.18. The fourth-order valence-corrected chi connectivity index (χ4v) is 5.24. The van der Waals surface area contributed by atoms with Gasteiger partial charge in [-0.2, -0.15) is 0 Å². The summed E-state index contributed by atoms with van der Waals surface area (Å²) in [5.41, 5.74) is 2.03. The molecule has 2 aromatic rings. The molecule has 2 saturated heterocycles. The van der Waals surface area contributed by atoms with Gasteiger partial charge in [0.2, 0.25) is 5.78 Å². The minimum absolute atomic E-state index is 0.257. The van der Waals surface area contributed by atoms with Crippen molar-refractivity contribution in [3.05, 3.63) is 57.8 Å². The average Bonchev–Trinajstić information content (AvgIpc) is 3.43. The van der Waals surface area contributed by atoms with Crippen molar-refractivity contribution in [1.82, 2.24) is 9.80 Å². The Balaban J connectivity index is 1.59. The Morgan fingerprint density at radius 3 is 2.44 bits per heavy atom. The summed E-state index contributed by atoms with van der Waals surface area (Å²) in [6.07, 6.45) is 0.750. The Morgan fingerprint density at radius 1 is 1.09 bits per heavy atom. The van der Waals surface area contributed by atoms with Crippen LogP contribution < -0.4 is 0 Å². The molecule has 1 amide bonds. The number of benzene rings is 1. The van der Waals surface area contributed by atoms with Crippen LogP contribution in [0, 0.1) is 5.92 Å². The lowest BCUT2D eigenvalue weighted by atomic mass is 9.87. The van der Waals surface area contributed by atoms with Gasteiger partial charge in [-0.15, -0.1) is 11.3 Å². The zero-order valence-electron chi connectivity index (χ0n) is 18.7. The van der Waals surface area contributed by atoms with Crippen LogP contribution in [0.3, 0.4) is 0 Å². The third-order valence-corrected chi connectivity index (χ3v) is 7.26. The zero-order chi connectivity index (χ0) is 22.7. The van der Waals surface area contributed by atoms with Crippen LogP contribution in [0.25, 0.3) is 0 Å². The summed E-state index contributed by atoms with van der Waals surface area (Å²) in [5, 5.41) is 1.82. The van der Waals surface area contributed by atoms with Crippen LogP contribution in [-0.2, 0) is 14.3 Å². The van der Waals surface area contributed by atoms with Gasteiger partial charge in [0, 0.05) is 26.2 Å². The van der Waals surface area contributed by atoms with Gasteiger partial charge in [-0.3, -0.25) is 19.3 Å². The molecule has 0 aliphatic carbocycles. The van der Waals surface area contributed by atoms with Crippen LogP contribution >= 0.6 is 11.3 Å². The maximum atomic E-state index is 13.3. The number of amides is 1. The van der Waals surface area contributed by atoms with E-state index in [9.17, 15) is 14.4 Å². The first-order chi connectivity index (χ1) is 15.5. The first-order valence-electron chi connectivity index (χ1n) is 11.3. The van der Waals surface area contributed by atoms with Crippen LogP contribution in [0.1, 0.15) is 53.0 Å². The third-order valence-electron chi connectivity index (χ3n) is 6.37. The zero-order valence-corrected chi connectivity index (χ0v) is 19.5. The number of morpholine rings is 1. The highest BCUT2D eigenvalue weighted by atomic mass is 32.1. The molecule has 3 heterocycles. The topological polar surface area (TPSA) is 66.9 Å². The maximum absolute atomic E-state index is 13.3. The summed E-state index contributed by atoms with van der Waals surface area (Å²) < 4.78 is 5.40. The van der Waals surface area contributed by atoms with E-state index in [1.807, 2.05) is 29.6 Å². The fourth-order valence-electron chi connectivity index (χ4n) is 4.54. The Morgan fingerprint density at radius 2 is 1.81 bits per heavy atom. The number of ether oxygens (including phenoxy) is 1. The smallest absolute Gasteiger partial charge is 0.291 e. The predicted octanol–water partition coefficient (Wildman–Crippen LogP) is 3.55. The lowest BCUT2D eigenvalue weighted by Gasteiger charge is -2.30. The van der Waals surface area contributed by atoms with Crippen LogP contribution in [0.2, 0.25) is 0 Å². The van der Waals surface area contributed by atoms with Gasteiger partial charge in [0.1, 0.15) is 5.92 Å². The lowest BCUT2D eigenvalue weighted by molar-refractivity contribution is -0.140. The van der Waals surface area contributed by atoms with Crippen LogP contribution in [0.15, 0.2) is 41.8 Å². The molecule has 2 fully saturated rings. The number of carbonyl (C=O) groups excluding carboxylic acids is 3. The highest BCUT2D eigenvalue weighted by Gasteiger charge is 2.51. The van der Waals surface area contributed by atoms with E-state index in [0.29, 0.717) is 17.3 Å². The summed E-state index contributed by atoms with van der Waals surface area (Å²) in [6, 6.07) is 11.0. The molecule has 7 heteroatoms. The number of hydrogen-bond donors (Lipinski definition) is 0. The molecule has 2 aliphatic rings. The summed E-state index contributed by atoms with van der Waals surface area (Å²) in [6.45, 7) is 8.75. The number of carbonyl (C=O) groups is 3. The number of thiophene rings is 1. The molecular weight excluding hydrogens is 424 g/mol. The van der Waals surface area contributed by atoms with Crippen molar-refractivity contribution < 1.29 is 19.1 Å². The molecule has 0 N–H and O–H groups in total. The number of nitrogens with zero attached hydrogens (tertiary/aromatic N) is 2. The van der Waals surface area contributed by atoms with E-state index in [0.717, 1.165) is 44.8 Å². The van der Waals surface area contributed by atoms with Gasteiger partial charge in [-0.1, -0.05) is 44.2 Å². The van der Waals surface area contributed by atoms with Crippen molar-refractivity contribution in [3.63, 3.8) is 0 Å². The minimum atomic E-state index is -0.991. The van der Waals surface area contributed by atoms with E-state index in [2.05, 4.69) is 18.7 Å². The molecule has 0 spiro atoms. The SMILES string of the molecule is CC(C)c1ccc(C2C(C(=O)c3cccs3)C(=O)C(=O)N2CCCN2CCOCC2)cc1. The summed E-state index contributed by atoms with van der Waals surface area (Å²) in [7, 11) is 0. The second-order valence-electron chi connectivity index (χ2n) is 8.76. The summed E-state index contributed by atoms with van der Waals surface area (Å²) >= 11 is 1.31. The van der Waals surface area contributed by atoms with E-state index < -0.39 is 23.7 Å². The van der Waals surface area contributed by atoms with E-state index in [1.54, 1.807) is 17.0 Å². The Labute approximate surface area is 193 Å². The first kappa shape index (κ1) is 22.8. The second kappa shape index (κ2) is 10.1. The van der Waals surface area contributed by atoms with Crippen molar-refractivity contribution in [2.75, 3.05) is 39.4 Å². The monoisotopic (exact) mass is 454 g/mol. The third kappa shape index (κ3) is 4.70. The molecule has 2 aliphatic heterocycles. The molecule has 0 radical (unpaired) electrons. The largest absolute Gasteiger partial charge is 0.379 e. The maximum Gasteiger partial charge on any atom is 0.291 e. The molecule has 4 rings (SSSR count). The van der Waals surface area contributed by atoms with Gasteiger partial charge < -0.3 is 9.64 Å². The number of Topliss-reactive ketones (excluding diaryl/α,β-unsaturated/α-hetero) is 2. The van der Waals surface area contributed by atoms with Crippen LogP contribution in [0.4, 0.5) is 0 Å². The van der Waals surface area contributed by atoms with Crippen molar-refractivity contribution in [2.24, 2.45) is 5.92 Å². The van der Waals surface area contributed by atoms with Crippen molar-refractivity contribution in [2.45, 2.75) is 32.2 Å². The van der Waals surface area contributed by atoms with E-state index in [1.165, 1.54) is 16.9 Å². The van der Waals surface area contributed by atoms with E-state index in [4.69, 9.17) is 4.74 Å². The summed E-state index contributed by atoms with van der Waals surface area (Å²) in [4.78, 5) is 43.8. The molecule has 2 unspecified atom stereocenters. The highest BCUT2D eigenvalue weighted by molar-refractivity contribution is 7.12. The van der Waals surface area contributed by atoms with Gasteiger partial charge in [0.25, 0.3) is 5.91 Å². The van der Waals surface area contributed by atoms with Gasteiger partial charge >= 0.3 is 0 Å². The molecule has 2 atom stereocenters. The number of rotatable bonds is 8. The van der Waals surface area contributed by atoms with E-state index >= 15 is 0 Å². The first-order valence-corrected chi connectivity index (χ1v) is 12.2. The van der Waals surface area contributed by atoms with Gasteiger partial charge in [-0.25, -0.2) is 0 Å². The quantitative estimate of drug-likeness (QED) is 0.347. The molecule has 6 nitrogen and oxygen atoms in total. The molecule has 1 aromatic carbocycles. The normalized spacial score (nSPS) is 22.2. The van der Waals surface area contributed by atoms with Crippen molar-refractivity contribution in [3.8, 4) is 0 Å². The van der Waals surface area contributed by atoms with Crippen molar-refractivity contribution in [1.29, 1.82) is 0 Å². The highest BCUT2D eigenvalue weighted by Crippen LogP contribution is 2.39. The van der Waals surface area contributed by atoms with Crippen LogP contribution in [-0.4, -0.2) is 66.7 Å². The molecule has 32 heavy (non-hydrogen) atoms.